The van der Waals surface area contributed by atoms with E-state index in [9.17, 15) is 14.0 Å². The molecule has 172 valence electrons. The predicted octanol–water partition coefficient (Wildman–Crippen LogP) is 5.58. The lowest BCUT2D eigenvalue weighted by molar-refractivity contribution is -0.139. The normalized spacial score (nSPS) is 14.8. The summed E-state index contributed by atoms with van der Waals surface area (Å²) >= 11 is 7.37. The summed E-state index contributed by atoms with van der Waals surface area (Å²) in [7, 11) is 0. The van der Waals surface area contributed by atoms with Crippen LogP contribution in [0.25, 0.3) is 0 Å². The van der Waals surface area contributed by atoms with Crippen LogP contribution in [0.2, 0.25) is 5.02 Å². The van der Waals surface area contributed by atoms with Crippen LogP contribution in [-0.4, -0.2) is 34.6 Å². The average molecular weight is 477 g/mol. The Labute approximate surface area is 198 Å². The number of hydrogen-bond acceptors (Lipinski definition) is 3. The standard InChI is InChI=1S/C25H30ClFN2O2S/c1-2-23(25(31)28-21-8-4-5-9-21)29(15-18-11-13-20(26)14-12-18)24(30)17-32-16-19-7-3-6-10-22(19)27/h3,6-7,10-14,21,23H,2,4-5,8-9,15-17H2,1H3,(H,28,31)/t23-/m1/s1. The Morgan fingerprint density at radius 2 is 1.84 bits per heavy atom. The number of carbonyl (C=O) groups is 2. The summed E-state index contributed by atoms with van der Waals surface area (Å²) in [4.78, 5) is 28.0. The molecule has 1 aliphatic rings. The highest BCUT2D eigenvalue weighted by molar-refractivity contribution is 7.99. The molecule has 7 heteroatoms. The number of rotatable bonds is 10. The second-order valence-electron chi connectivity index (χ2n) is 8.15. The molecule has 2 aromatic rings. The summed E-state index contributed by atoms with van der Waals surface area (Å²) in [6.07, 6.45) is 4.76. The second kappa shape index (κ2) is 12.3. The van der Waals surface area contributed by atoms with Crippen LogP contribution in [0.15, 0.2) is 48.5 Å². The minimum absolute atomic E-state index is 0.0965. The molecule has 1 aliphatic carbocycles. The van der Waals surface area contributed by atoms with Gasteiger partial charge in [0.1, 0.15) is 11.9 Å². The zero-order valence-electron chi connectivity index (χ0n) is 18.4. The highest BCUT2D eigenvalue weighted by atomic mass is 35.5. The molecule has 1 fully saturated rings. The Balaban J connectivity index is 1.70. The molecule has 1 saturated carbocycles. The fourth-order valence-corrected chi connectivity index (χ4v) is 5.04. The van der Waals surface area contributed by atoms with E-state index in [1.54, 1.807) is 35.2 Å². The molecular weight excluding hydrogens is 447 g/mol. The van der Waals surface area contributed by atoms with Crippen molar-refractivity contribution in [2.75, 3.05) is 5.75 Å². The SMILES string of the molecule is CC[C@H](C(=O)NC1CCCC1)N(Cc1ccc(Cl)cc1)C(=O)CSCc1ccccc1F. The van der Waals surface area contributed by atoms with Gasteiger partial charge in [-0.1, -0.05) is 61.7 Å². The van der Waals surface area contributed by atoms with E-state index in [2.05, 4.69) is 5.32 Å². The first-order valence-electron chi connectivity index (χ1n) is 11.1. The van der Waals surface area contributed by atoms with Crippen molar-refractivity contribution in [3.05, 3.63) is 70.5 Å². The van der Waals surface area contributed by atoms with Crippen LogP contribution < -0.4 is 5.32 Å². The number of nitrogens with zero attached hydrogens (tertiary/aromatic N) is 1. The molecule has 1 atom stereocenters. The molecule has 0 unspecified atom stereocenters. The number of hydrogen-bond donors (Lipinski definition) is 1. The molecule has 0 spiro atoms. The Bertz CT molecular complexity index is 903. The van der Waals surface area contributed by atoms with Crippen LogP contribution >= 0.6 is 23.4 Å². The van der Waals surface area contributed by atoms with Gasteiger partial charge in [-0.3, -0.25) is 9.59 Å². The Morgan fingerprint density at radius 3 is 2.50 bits per heavy atom. The first-order valence-corrected chi connectivity index (χ1v) is 12.7. The maximum Gasteiger partial charge on any atom is 0.243 e. The van der Waals surface area contributed by atoms with Gasteiger partial charge in [0.2, 0.25) is 11.8 Å². The van der Waals surface area contributed by atoms with Gasteiger partial charge in [0.25, 0.3) is 0 Å². The van der Waals surface area contributed by atoms with Crippen molar-refractivity contribution in [2.24, 2.45) is 0 Å². The van der Waals surface area contributed by atoms with Crippen molar-refractivity contribution in [3.8, 4) is 0 Å². The molecule has 3 rings (SSSR count). The lowest BCUT2D eigenvalue weighted by atomic mass is 10.1. The summed E-state index contributed by atoms with van der Waals surface area (Å²) in [5, 5.41) is 3.76. The average Bonchev–Trinajstić information content (AvgIpc) is 3.29. The molecule has 0 saturated heterocycles. The Kier molecular flexibility index (Phi) is 9.42. The van der Waals surface area contributed by atoms with Crippen LogP contribution in [0.4, 0.5) is 4.39 Å². The van der Waals surface area contributed by atoms with Gasteiger partial charge in [-0.15, -0.1) is 11.8 Å². The van der Waals surface area contributed by atoms with E-state index < -0.39 is 6.04 Å². The number of nitrogens with one attached hydrogen (secondary N) is 1. The summed E-state index contributed by atoms with van der Waals surface area (Å²) in [6, 6.07) is 13.5. The van der Waals surface area contributed by atoms with Gasteiger partial charge in [0.15, 0.2) is 0 Å². The molecule has 0 aliphatic heterocycles. The number of thioether (sulfide) groups is 1. The minimum Gasteiger partial charge on any atom is -0.352 e. The van der Waals surface area contributed by atoms with Gasteiger partial charge >= 0.3 is 0 Å². The van der Waals surface area contributed by atoms with Gasteiger partial charge in [0, 0.05) is 23.4 Å². The van der Waals surface area contributed by atoms with Crippen molar-refractivity contribution in [1.29, 1.82) is 0 Å². The largest absolute Gasteiger partial charge is 0.352 e. The van der Waals surface area contributed by atoms with Crippen molar-refractivity contribution in [2.45, 2.75) is 63.4 Å². The van der Waals surface area contributed by atoms with Gasteiger partial charge < -0.3 is 10.2 Å². The summed E-state index contributed by atoms with van der Waals surface area (Å²) in [6.45, 7) is 2.25. The lowest BCUT2D eigenvalue weighted by Gasteiger charge is -2.31. The van der Waals surface area contributed by atoms with Crippen LogP contribution in [0, 0.1) is 5.82 Å². The van der Waals surface area contributed by atoms with Crippen molar-refractivity contribution in [1.82, 2.24) is 10.2 Å². The zero-order valence-corrected chi connectivity index (χ0v) is 19.9. The number of amides is 2. The molecule has 0 bridgehead atoms. The van der Waals surface area contributed by atoms with Gasteiger partial charge in [-0.25, -0.2) is 4.39 Å². The third-order valence-electron chi connectivity index (χ3n) is 5.79. The zero-order chi connectivity index (χ0) is 22.9. The monoisotopic (exact) mass is 476 g/mol. The smallest absolute Gasteiger partial charge is 0.243 e. The topological polar surface area (TPSA) is 49.4 Å². The number of halogens is 2. The third-order valence-corrected chi connectivity index (χ3v) is 7.01. The lowest BCUT2D eigenvalue weighted by Crippen LogP contribution is -2.51. The number of benzene rings is 2. The van der Waals surface area contributed by atoms with E-state index in [0.29, 0.717) is 29.3 Å². The molecule has 0 radical (unpaired) electrons. The third kappa shape index (κ3) is 6.97. The molecular formula is C25H30ClFN2O2S. The molecule has 4 nitrogen and oxygen atoms in total. The van der Waals surface area contributed by atoms with E-state index >= 15 is 0 Å². The Hall–Kier alpha value is -2.05. The van der Waals surface area contributed by atoms with Crippen LogP contribution in [0.3, 0.4) is 0 Å². The summed E-state index contributed by atoms with van der Waals surface area (Å²) in [5.74, 6) is 0.0799. The first-order chi connectivity index (χ1) is 15.5. The van der Waals surface area contributed by atoms with Crippen LogP contribution in [-0.2, 0) is 21.9 Å². The van der Waals surface area contributed by atoms with E-state index in [1.165, 1.54) is 17.8 Å². The maximum atomic E-state index is 13.9. The fourth-order valence-electron chi connectivity index (χ4n) is 4.02. The summed E-state index contributed by atoms with van der Waals surface area (Å²) in [5.41, 5.74) is 1.48. The van der Waals surface area contributed by atoms with Crippen LogP contribution in [0.5, 0.6) is 0 Å². The molecule has 0 aromatic heterocycles. The van der Waals surface area contributed by atoms with E-state index in [4.69, 9.17) is 11.6 Å². The minimum atomic E-state index is -0.548. The summed E-state index contributed by atoms with van der Waals surface area (Å²) < 4.78 is 13.9. The first kappa shape index (κ1) is 24.6. The highest BCUT2D eigenvalue weighted by Crippen LogP contribution is 2.21. The fraction of sp³-hybridized carbons (Fsp3) is 0.440. The molecule has 2 aromatic carbocycles. The van der Waals surface area contributed by atoms with Crippen LogP contribution in [0.1, 0.15) is 50.2 Å². The Morgan fingerprint density at radius 1 is 1.16 bits per heavy atom. The highest BCUT2D eigenvalue weighted by Gasteiger charge is 2.30. The van der Waals surface area contributed by atoms with Crippen molar-refractivity contribution < 1.29 is 14.0 Å². The quantitative estimate of drug-likeness (QED) is 0.487. The molecule has 2 amide bonds. The van der Waals surface area contributed by atoms with Crippen molar-refractivity contribution >= 4 is 35.2 Å². The maximum absolute atomic E-state index is 13.9. The van der Waals surface area contributed by atoms with Gasteiger partial charge in [-0.05, 0) is 48.6 Å². The molecule has 0 heterocycles. The van der Waals surface area contributed by atoms with Gasteiger partial charge in [-0.2, -0.15) is 0 Å². The van der Waals surface area contributed by atoms with E-state index in [-0.39, 0.29) is 29.4 Å². The predicted molar refractivity (Wildman–Crippen MR) is 129 cm³/mol. The van der Waals surface area contributed by atoms with E-state index in [1.807, 2.05) is 19.1 Å². The molecule has 32 heavy (non-hydrogen) atoms. The molecule has 1 N–H and O–H groups in total. The number of carbonyl (C=O) groups excluding carboxylic acids is 2. The van der Waals surface area contributed by atoms with Crippen molar-refractivity contribution in [3.63, 3.8) is 0 Å². The van der Waals surface area contributed by atoms with Gasteiger partial charge in [0.05, 0.1) is 5.75 Å². The second-order valence-corrected chi connectivity index (χ2v) is 9.57. The van der Waals surface area contributed by atoms with E-state index in [0.717, 1.165) is 31.2 Å².